The minimum atomic E-state index is -0.105. The Morgan fingerprint density at radius 3 is 2.78 bits per heavy atom. The van der Waals surface area contributed by atoms with Gasteiger partial charge in [0.05, 0.1) is 0 Å². The lowest BCUT2D eigenvalue weighted by atomic mass is 10.1. The van der Waals surface area contributed by atoms with E-state index in [1.165, 1.54) is 0 Å². The lowest BCUT2D eigenvalue weighted by Crippen LogP contribution is -2.24. The fourth-order valence-electron chi connectivity index (χ4n) is 1.63. The normalized spacial score (nSPS) is 13.4. The molecule has 100 valence electrons. The van der Waals surface area contributed by atoms with Crippen molar-refractivity contribution in [3.05, 3.63) is 28.8 Å². The molecule has 3 N–H and O–H groups in total. The highest BCUT2D eigenvalue weighted by molar-refractivity contribution is 6.31. The lowest BCUT2D eigenvalue weighted by molar-refractivity contribution is 0.202. The summed E-state index contributed by atoms with van der Waals surface area (Å²) in [5.74, 6) is 0.931. The molecule has 0 spiro atoms. The molecule has 0 amide bonds. The van der Waals surface area contributed by atoms with Crippen molar-refractivity contribution >= 4 is 17.4 Å². The average molecular weight is 271 g/mol. The second-order valence-corrected chi connectivity index (χ2v) is 4.46. The number of halogens is 1. The van der Waals surface area contributed by atoms with Crippen molar-refractivity contribution in [2.75, 3.05) is 0 Å². The van der Waals surface area contributed by atoms with E-state index in [0.717, 1.165) is 29.2 Å². The number of amidine groups is 1. The van der Waals surface area contributed by atoms with Gasteiger partial charge in [-0.05, 0) is 36.6 Å². The number of hydrogen-bond donors (Lipinski definition) is 2. The van der Waals surface area contributed by atoms with Crippen LogP contribution in [0.2, 0.25) is 5.02 Å². The fraction of sp³-hybridized carbons (Fsp3) is 0.462. The first kappa shape index (κ1) is 14.6. The van der Waals surface area contributed by atoms with E-state index in [-0.39, 0.29) is 11.9 Å². The fourth-order valence-corrected chi connectivity index (χ4v) is 1.88. The van der Waals surface area contributed by atoms with Gasteiger partial charge in [0.25, 0.3) is 0 Å². The number of hydrogen-bond acceptors (Lipinski definition) is 3. The Balaban J connectivity index is 2.75. The van der Waals surface area contributed by atoms with Gasteiger partial charge < -0.3 is 15.7 Å². The van der Waals surface area contributed by atoms with Crippen molar-refractivity contribution in [2.24, 2.45) is 10.9 Å². The molecule has 1 aromatic carbocycles. The van der Waals surface area contributed by atoms with Crippen LogP contribution in [-0.2, 0) is 6.42 Å². The predicted octanol–water partition coefficient (Wildman–Crippen LogP) is 3.20. The van der Waals surface area contributed by atoms with E-state index in [4.69, 9.17) is 27.3 Å². The second kappa shape index (κ2) is 7.11. The van der Waals surface area contributed by atoms with Crippen molar-refractivity contribution < 1.29 is 9.94 Å². The lowest BCUT2D eigenvalue weighted by Gasteiger charge is -2.17. The predicted molar refractivity (Wildman–Crippen MR) is 73.6 cm³/mol. The Morgan fingerprint density at radius 2 is 2.22 bits per heavy atom. The summed E-state index contributed by atoms with van der Waals surface area (Å²) in [6.07, 6.45) is 1.93. The van der Waals surface area contributed by atoms with E-state index in [1.54, 1.807) is 0 Å². The molecule has 1 aromatic rings. The molecule has 0 aliphatic heterocycles. The van der Waals surface area contributed by atoms with Crippen LogP contribution in [0.4, 0.5) is 0 Å². The third kappa shape index (κ3) is 4.11. The van der Waals surface area contributed by atoms with Crippen molar-refractivity contribution in [3.8, 4) is 5.75 Å². The SMILES string of the molecule is CCc1cc(OC(CC)C/C(N)=N/O)ccc1Cl. The molecule has 0 bridgehead atoms. The van der Waals surface area contributed by atoms with Gasteiger partial charge in [0.15, 0.2) is 0 Å². The highest BCUT2D eigenvalue weighted by Crippen LogP contribution is 2.24. The summed E-state index contributed by atoms with van der Waals surface area (Å²) in [5, 5.41) is 12.3. The minimum Gasteiger partial charge on any atom is -0.490 e. The van der Waals surface area contributed by atoms with Crippen LogP contribution in [0.25, 0.3) is 0 Å². The van der Waals surface area contributed by atoms with Crippen LogP contribution in [0.1, 0.15) is 32.3 Å². The zero-order chi connectivity index (χ0) is 13.5. The summed E-state index contributed by atoms with van der Waals surface area (Å²) in [6, 6.07) is 5.58. The van der Waals surface area contributed by atoms with E-state index in [1.807, 2.05) is 32.0 Å². The number of aryl methyl sites for hydroxylation is 1. The zero-order valence-electron chi connectivity index (χ0n) is 10.7. The molecule has 0 aromatic heterocycles. The smallest absolute Gasteiger partial charge is 0.142 e. The Bertz CT molecular complexity index is 421. The standard InChI is InChI=1S/C13H19ClN2O2/c1-3-9-7-11(5-6-12(9)14)18-10(4-2)8-13(15)16-17/h5-7,10,17H,3-4,8H2,1-2H3,(H2,15,16). The summed E-state index contributed by atoms with van der Waals surface area (Å²) in [5.41, 5.74) is 6.53. The van der Waals surface area contributed by atoms with Gasteiger partial charge in [0.1, 0.15) is 17.7 Å². The molecule has 5 heteroatoms. The van der Waals surface area contributed by atoms with Crippen molar-refractivity contribution in [1.82, 2.24) is 0 Å². The Hall–Kier alpha value is -1.42. The molecule has 0 fully saturated rings. The van der Waals surface area contributed by atoms with Crippen molar-refractivity contribution in [1.29, 1.82) is 0 Å². The Labute approximate surface area is 112 Å². The van der Waals surface area contributed by atoms with Crippen LogP contribution >= 0.6 is 11.6 Å². The van der Waals surface area contributed by atoms with E-state index in [9.17, 15) is 0 Å². The molecule has 1 atom stereocenters. The van der Waals surface area contributed by atoms with Gasteiger partial charge in [-0.1, -0.05) is 30.6 Å². The average Bonchev–Trinajstić information content (AvgIpc) is 2.39. The number of nitrogens with zero attached hydrogens (tertiary/aromatic N) is 1. The molecule has 0 aliphatic carbocycles. The number of ether oxygens (including phenoxy) is 1. The summed E-state index contributed by atoms with van der Waals surface area (Å²) in [7, 11) is 0. The van der Waals surface area contributed by atoms with Crippen LogP contribution in [0.3, 0.4) is 0 Å². The van der Waals surface area contributed by atoms with E-state index in [2.05, 4.69) is 5.16 Å². The van der Waals surface area contributed by atoms with Gasteiger partial charge in [0.2, 0.25) is 0 Å². The van der Waals surface area contributed by atoms with Gasteiger partial charge in [-0.3, -0.25) is 0 Å². The highest BCUT2D eigenvalue weighted by atomic mass is 35.5. The molecule has 18 heavy (non-hydrogen) atoms. The van der Waals surface area contributed by atoms with Gasteiger partial charge in [-0.25, -0.2) is 0 Å². The second-order valence-electron chi connectivity index (χ2n) is 4.05. The monoisotopic (exact) mass is 270 g/mol. The van der Waals surface area contributed by atoms with Crippen LogP contribution in [0.15, 0.2) is 23.4 Å². The van der Waals surface area contributed by atoms with Gasteiger partial charge in [-0.2, -0.15) is 0 Å². The van der Waals surface area contributed by atoms with Crippen LogP contribution in [0.5, 0.6) is 5.75 Å². The third-order valence-electron chi connectivity index (χ3n) is 2.72. The number of oxime groups is 1. The van der Waals surface area contributed by atoms with E-state index >= 15 is 0 Å². The largest absolute Gasteiger partial charge is 0.490 e. The maximum atomic E-state index is 8.55. The van der Waals surface area contributed by atoms with E-state index < -0.39 is 0 Å². The number of rotatable bonds is 6. The Morgan fingerprint density at radius 1 is 1.50 bits per heavy atom. The van der Waals surface area contributed by atoms with Crippen molar-refractivity contribution in [2.45, 2.75) is 39.2 Å². The zero-order valence-corrected chi connectivity index (χ0v) is 11.4. The summed E-state index contributed by atoms with van der Waals surface area (Å²) >= 11 is 6.05. The molecular formula is C13H19ClN2O2. The Kier molecular flexibility index (Phi) is 5.78. The van der Waals surface area contributed by atoms with Crippen LogP contribution in [-0.4, -0.2) is 17.1 Å². The molecule has 0 heterocycles. The number of nitrogens with two attached hydrogens (primary N) is 1. The first-order valence-corrected chi connectivity index (χ1v) is 6.39. The van der Waals surface area contributed by atoms with E-state index in [0.29, 0.717) is 6.42 Å². The van der Waals surface area contributed by atoms with Crippen LogP contribution < -0.4 is 10.5 Å². The summed E-state index contributed by atoms with van der Waals surface area (Å²) in [6.45, 7) is 4.03. The van der Waals surface area contributed by atoms with Crippen molar-refractivity contribution in [3.63, 3.8) is 0 Å². The maximum Gasteiger partial charge on any atom is 0.142 e. The quantitative estimate of drug-likeness (QED) is 0.361. The minimum absolute atomic E-state index is 0.105. The number of benzene rings is 1. The first-order valence-electron chi connectivity index (χ1n) is 6.02. The maximum absolute atomic E-state index is 8.55. The molecule has 0 radical (unpaired) electrons. The molecule has 1 rings (SSSR count). The van der Waals surface area contributed by atoms with Gasteiger partial charge in [0, 0.05) is 11.4 Å². The first-order chi connectivity index (χ1) is 8.60. The molecule has 0 saturated carbocycles. The van der Waals surface area contributed by atoms with Gasteiger partial charge >= 0.3 is 0 Å². The topological polar surface area (TPSA) is 67.8 Å². The molecule has 0 saturated heterocycles. The van der Waals surface area contributed by atoms with Crippen LogP contribution in [0, 0.1) is 0 Å². The van der Waals surface area contributed by atoms with Gasteiger partial charge in [-0.15, -0.1) is 0 Å². The molecule has 0 aliphatic rings. The third-order valence-corrected chi connectivity index (χ3v) is 3.09. The molecule has 4 nitrogen and oxygen atoms in total. The molecular weight excluding hydrogens is 252 g/mol. The highest BCUT2D eigenvalue weighted by Gasteiger charge is 2.11. The molecule has 1 unspecified atom stereocenters. The summed E-state index contributed by atoms with van der Waals surface area (Å²) < 4.78 is 5.80. The summed E-state index contributed by atoms with van der Waals surface area (Å²) in [4.78, 5) is 0.